The molecule has 1 heterocycles. The Morgan fingerprint density at radius 2 is 1.43 bits per heavy atom. The summed E-state index contributed by atoms with van der Waals surface area (Å²) in [5.41, 5.74) is 4.34. The molecular weight excluding hydrogens is 460 g/mol. The molecule has 0 spiro atoms. The molecule has 182 valence electrons. The quantitative estimate of drug-likeness (QED) is 0.124. The smallest absolute Gasteiger partial charge is 0.338 e. The summed E-state index contributed by atoms with van der Waals surface area (Å²) in [5.74, 6) is 0.882. The number of rotatable bonds is 9. The van der Waals surface area contributed by atoms with Crippen LogP contribution >= 0.6 is 0 Å². The van der Waals surface area contributed by atoms with Gasteiger partial charge in [-0.2, -0.15) is 5.10 Å². The third kappa shape index (κ3) is 6.41. The van der Waals surface area contributed by atoms with Crippen molar-refractivity contribution in [2.45, 2.75) is 13.2 Å². The third-order valence-electron chi connectivity index (χ3n) is 5.78. The Hall–Kier alpha value is -4.90. The van der Waals surface area contributed by atoms with Gasteiger partial charge < -0.3 is 9.15 Å². The summed E-state index contributed by atoms with van der Waals surface area (Å²) in [6.07, 6.45) is 1.71. The van der Waals surface area contributed by atoms with Crippen LogP contribution in [0, 0.1) is 0 Å². The van der Waals surface area contributed by atoms with Gasteiger partial charge in [0.25, 0.3) is 0 Å². The van der Waals surface area contributed by atoms with Gasteiger partial charge in [-0.1, -0.05) is 91.0 Å². The van der Waals surface area contributed by atoms with Gasteiger partial charge in [-0.05, 0) is 47.5 Å². The molecule has 0 saturated heterocycles. The number of para-hydroxylation sites is 1. The van der Waals surface area contributed by atoms with Gasteiger partial charge in [0.2, 0.25) is 0 Å². The lowest BCUT2D eigenvalue weighted by atomic mass is 10.1. The van der Waals surface area contributed by atoms with Crippen LogP contribution in [0.15, 0.2) is 137 Å². The average Bonchev–Trinajstić information content (AvgIpc) is 3.45. The average molecular weight is 487 g/mol. The molecule has 5 nitrogen and oxygen atoms in total. The van der Waals surface area contributed by atoms with Crippen molar-refractivity contribution < 1.29 is 13.9 Å². The van der Waals surface area contributed by atoms with Crippen molar-refractivity contribution in [2.24, 2.45) is 5.10 Å². The number of carbonyl (C=O) groups is 1. The van der Waals surface area contributed by atoms with Gasteiger partial charge in [0.1, 0.15) is 18.1 Å². The molecule has 1 aromatic heterocycles. The molecule has 0 aliphatic carbocycles. The van der Waals surface area contributed by atoms with Crippen molar-refractivity contribution in [2.75, 3.05) is 5.01 Å². The van der Waals surface area contributed by atoms with Gasteiger partial charge in [0.05, 0.1) is 24.0 Å². The Balaban J connectivity index is 1.30. The Morgan fingerprint density at radius 1 is 0.757 bits per heavy atom. The van der Waals surface area contributed by atoms with E-state index in [1.54, 1.807) is 18.3 Å². The van der Waals surface area contributed by atoms with Gasteiger partial charge in [0, 0.05) is 5.56 Å². The van der Waals surface area contributed by atoms with E-state index in [1.807, 2.05) is 108 Å². The zero-order valence-corrected chi connectivity index (χ0v) is 20.2. The summed E-state index contributed by atoms with van der Waals surface area (Å²) in [6, 6.07) is 40.8. The van der Waals surface area contributed by atoms with Gasteiger partial charge >= 0.3 is 5.97 Å². The minimum Gasteiger partial charge on any atom is -0.457 e. The molecule has 0 amide bonds. The lowest BCUT2D eigenvalue weighted by Gasteiger charge is -2.19. The molecule has 0 bridgehead atoms. The summed E-state index contributed by atoms with van der Waals surface area (Å²) >= 11 is 0. The van der Waals surface area contributed by atoms with E-state index in [0.717, 1.165) is 22.4 Å². The predicted molar refractivity (Wildman–Crippen MR) is 146 cm³/mol. The molecule has 5 rings (SSSR count). The molecule has 5 aromatic rings. The molecule has 0 fully saturated rings. The zero-order chi connectivity index (χ0) is 25.3. The van der Waals surface area contributed by atoms with Crippen LogP contribution in [-0.2, 0) is 17.9 Å². The van der Waals surface area contributed by atoms with E-state index < -0.39 is 0 Å². The van der Waals surface area contributed by atoms with E-state index in [-0.39, 0.29) is 12.6 Å². The second-order valence-electron chi connectivity index (χ2n) is 8.47. The number of esters is 1. The Bertz CT molecular complexity index is 1460. The van der Waals surface area contributed by atoms with Crippen LogP contribution in [0.1, 0.15) is 27.2 Å². The van der Waals surface area contributed by atoms with Crippen molar-refractivity contribution >= 4 is 17.9 Å². The molecular formula is C32H26N2O3. The van der Waals surface area contributed by atoms with Crippen LogP contribution < -0.4 is 5.01 Å². The van der Waals surface area contributed by atoms with Crippen molar-refractivity contribution in [1.29, 1.82) is 0 Å². The number of furan rings is 1. The lowest BCUT2D eigenvalue weighted by molar-refractivity contribution is 0.0473. The molecule has 5 heteroatoms. The molecule has 4 aromatic carbocycles. The summed E-state index contributed by atoms with van der Waals surface area (Å²) in [5, 5.41) is 6.64. The van der Waals surface area contributed by atoms with E-state index in [1.165, 1.54) is 0 Å². The molecule has 0 atom stereocenters. The number of hydrazone groups is 1. The van der Waals surface area contributed by atoms with Gasteiger partial charge in [0.15, 0.2) is 0 Å². The van der Waals surface area contributed by atoms with Gasteiger partial charge in [-0.25, -0.2) is 4.79 Å². The molecule has 0 N–H and O–H groups in total. The number of hydrogen-bond donors (Lipinski definition) is 0. The second-order valence-corrected chi connectivity index (χ2v) is 8.47. The summed E-state index contributed by atoms with van der Waals surface area (Å²) in [6.45, 7) is 0.855. The monoisotopic (exact) mass is 486 g/mol. The van der Waals surface area contributed by atoms with Gasteiger partial charge in [-0.15, -0.1) is 0 Å². The van der Waals surface area contributed by atoms with Crippen molar-refractivity contribution in [3.05, 3.63) is 150 Å². The normalized spacial score (nSPS) is 10.9. The first-order valence-electron chi connectivity index (χ1n) is 12.1. The van der Waals surface area contributed by atoms with Crippen LogP contribution in [-0.4, -0.2) is 12.2 Å². The highest BCUT2D eigenvalue weighted by Crippen LogP contribution is 2.24. The highest BCUT2D eigenvalue weighted by molar-refractivity contribution is 5.91. The van der Waals surface area contributed by atoms with Crippen LogP contribution in [0.4, 0.5) is 5.69 Å². The van der Waals surface area contributed by atoms with E-state index in [2.05, 4.69) is 12.1 Å². The fourth-order valence-corrected chi connectivity index (χ4v) is 3.87. The maximum Gasteiger partial charge on any atom is 0.338 e. The topological polar surface area (TPSA) is 55.0 Å². The molecule has 0 radical (unpaired) electrons. The van der Waals surface area contributed by atoms with Crippen molar-refractivity contribution in [3.8, 4) is 11.3 Å². The fourth-order valence-electron chi connectivity index (χ4n) is 3.87. The molecule has 37 heavy (non-hydrogen) atoms. The Labute approximate surface area is 216 Å². The van der Waals surface area contributed by atoms with E-state index in [9.17, 15) is 4.79 Å². The summed E-state index contributed by atoms with van der Waals surface area (Å²) < 4.78 is 11.5. The fraction of sp³-hybridized carbons (Fsp3) is 0.0625. The van der Waals surface area contributed by atoms with Crippen molar-refractivity contribution in [3.63, 3.8) is 0 Å². The standard InChI is InChI=1S/C32H26N2O3/c35-32(36-24-26-13-6-2-7-14-26)28-16-10-15-27(21-28)31-20-19-30(37-31)22-33-34(29-17-8-3-9-18-29)23-25-11-4-1-5-12-25/h1-22H,23-24H2. The van der Waals surface area contributed by atoms with Crippen molar-refractivity contribution in [1.82, 2.24) is 0 Å². The summed E-state index contributed by atoms with van der Waals surface area (Å²) in [4.78, 5) is 12.6. The minimum atomic E-state index is -0.376. The Kier molecular flexibility index (Phi) is 7.53. The van der Waals surface area contributed by atoms with Crippen LogP contribution in [0.25, 0.3) is 11.3 Å². The van der Waals surface area contributed by atoms with Crippen LogP contribution in [0.5, 0.6) is 0 Å². The first-order valence-corrected chi connectivity index (χ1v) is 12.1. The lowest BCUT2D eigenvalue weighted by Crippen LogP contribution is -2.15. The SMILES string of the molecule is O=C(OCc1ccccc1)c1cccc(-c2ccc(C=NN(Cc3ccccc3)c3ccccc3)o2)c1. The molecule has 0 saturated carbocycles. The minimum absolute atomic E-state index is 0.228. The maximum atomic E-state index is 12.6. The van der Waals surface area contributed by atoms with E-state index in [0.29, 0.717) is 23.6 Å². The molecule has 0 unspecified atom stereocenters. The Morgan fingerprint density at radius 3 is 2.16 bits per heavy atom. The van der Waals surface area contributed by atoms with E-state index in [4.69, 9.17) is 14.3 Å². The summed E-state index contributed by atoms with van der Waals surface area (Å²) in [7, 11) is 0. The number of anilines is 1. The first-order chi connectivity index (χ1) is 18.2. The van der Waals surface area contributed by atoms with Crippen LogP contribution in [0.2, 0.25) is 0 Å². The largest absolute Gasteiger partial charge is 0.457 e. The van der Waals surface area contributed by atoms with Gasteiger partial charge in [-0.3, -0.25) is 5.01 Å². The molecule has 0 aliphatic rings. The number of carbonyl (C=O) groups excluding carboxylic acids is 1. The highest BCUT2D eigenvalue weighted by atomic mass is 16.5. The van der Waals surface area contributed by atoms with E-state index >= 15 is 0 Å². The third-order valence-corrected chi connectivity index (χ3v) is 5.78. The highest BCUT2D eigenvalue weighted by Gasteiger charge is 2.11. The number of ether oxygens (including phenoxy) is 1. The number of nitrogens with zero attached hydrogens (tertiary/aromatic N) is 2. The zero-order valence-electron chi connectivity index (χ0n) is 20.2. The molecule has 0 aliphatic heterocycles. The number of benzene rings is 4. The first kappa shape index (κ1) is 23.8. The predicted octanol–water partition coefficient (Wildman–Crippen LogP) is 7.34. The number of hydrogen-bond acceptors (Lipinski definition) is 5. The second kappa shape index (κ2) is 11.7. The maximum absolute atomic E-state index is 12.6. The van der Waals surface area contributed by atoms with Crippen LogP contribution in [0.3, 0.4) is 0 Å².